The van der Waals surface area contributed by atoms with Crippen LogP contribution in [0.25, 0.3) is 10.8 Å². The first-order valence-electron chi connectivity index (χ1n) is 8.80. The summed E-state index contributed by atoms with van der Waals surface area (Å²) in [6.45, 7) is 3.54. The average molecular weight is 363 g/mol. The van der Waals surface area contributed by atoms with E-state index in [1.165, 1.54) is 18.6 Å². The van der Waals surface area contributed by atoms with Crippen LogP contribution in [0.4, 0.5) is 5.69 Å². The first-order valence-corrected chi connectivity index (χ1v) is 8.80. The van der Waals surface area contributed by atoms with Gasteiger partial charge in [-0.2, -0.15) is 0 Å². The van der Waals surface area contributed by atoms with Crippen molar-refractivity contribution in [2.24, 2.45) is 0 Å². The van der Waals surface area contributed by atoms with Crippen molar-refractivity contribution >= 4 is 28.3 Å². The van der Waals surface area contributed by atoms with Crippen LogP contribution in [0.3, 0.4) is 0 Å². The summed E-state index contributed by atoms with van der Waals surface area (Å²) >= 11 is 0. The number of hydrogen-bond acceptors (Lipinski definition) is 4. The molecule has 0 saturated heterocycles. The van der Waals surface area contributed by atoms with E-state index in [4.69, 9.17) is 4.74 Å². The van der Waals surface area contributed by atoms with Gasteiger partial charge in [0.1, 0.15) is 11.3 Å². The number of phenolic OH excluding ortho intramolecular Hbond substituents is 1. The highest BCUT2D eigenvalue weighted by Crippen LogP contribution is 2.26. The Hall–Kier alpha value is -3.34. The van der Waals surface area contributed by atoms with E-state index in [2.05, 4.69) is 12.2 Å². The highest BCUT2D eigenvalue weighted by atomic mass is 16.5. The number of ether oxygens (including phenoxy) is 1. The number of esters is 1. The van der Waals surface area contributed by atoms with Gasteiger partial charge in [0.05, 0.1) is 0 Å². The first-order chi connectivity index (χ1) is 13.0. The summed E-state index contributed by atoms with van der Waals surface area (Å²) in [5.41, 5.74) is 1.83. The maximum absolute atomic E-state index is 12.4. The molecule has 1 amide bonds. The molecule has 3 aromatic carbocycles. The molecule has 0 spiro atoms. The average Bonchev–Trinajstić information content (AvgIpc) is 2.67. The van der Waals surface area contributed by atoms with Gasteiger partial charge in [0.25, 0.3) is 5.91 Å². The molecule has 3 aromatic rings. The summed E-state index contributed by atoms with van der Waals surface area (Å²) in [6, 6.07) is 17.9. The van der Waals surface area contributed by atoms with E-state index in [1.54, 1.807) is 18.2 Å². The number of nitrogens with one attached hydrogen (secondary N) is 1. The van der Waals surface area contributed by atoms with Crippen molar-refractivity contribution in [3.63, 3.8) is 0 Å². The lowest BCUT2D eigenvalue weighted by Gasteiger charge is -2.14. The third kappa shape index (κ3) is 4.26. The minimum Gasteiger partial charge on any atom is -0.507 e. The molecule has 138 valence electrons. The predicted molar refractivity (Wildman–Crippen MR) is 105 cm³/mol. The monoisotopic (exact) mass is 363 g/mol. The van der Waals surface area contributed by atoms with Gasteiger partial charge in [-0.1, -0.05) is 43.3 Å². The summed E-state index contributed by atoms with van der Waals surface area (Å²) < 4.78 is 5.23. The van der Waals surface area contributed by atoms with Crippen LogP contribution in [-0.2, 0) is 16.0 Å². The molecule has 0 aliphatic carbocycles. The quantitative estimate of drug-likeness (QED) is 0.663. The number of anilines is 1. The van der Waals surface area contributed by atoms with E-state index < -0.39 is 18.0 Å². The van der Waals surface area contributed by atoms with E-state index in [0.29, 0.717) is 5.69 Å². The Morgan fingerprint density at radius 1 is 1.04 bits per heavy atom. The van der Waals surface area contributed by atoms with Crippen LogP contribution in [0.5, 0.6) is 5.75 Å². The molecular weight excluding hydrogens is 342 g/mol. The van der Waals surface area contributed by atoms with Gasteiger partial charge in [-0.05, 0) is 53.9 Å². The number of phenols is 1. The van der Waals surface area contributed by atoms with Gasteiger partial charge in [0.15, 0.2) is 6.10 Å². The molecule has 0 aromatic heterocycles. The van der Waals surface area contributed by atoms with Crippen LogP contribution in [0.2, 0.25) is 0 Å². The number of carbonyl (C=O) groups excluding carboxylic acids is 2. The van der Waals surface area contributed by atoms with E-state index in [9.17, 15) is 14.7 Å². The van der Waals surface area contributed by atoms with Crippen molar-refractivity contribution in [2.75, 3.05) is 5.32 Å². The van der Waals surface area contributed by atoms with E-state index >= 15 is 0 Å². The predicted octanol–water partition coefficient (Wildman–Crippen LogP) is 4.29. The fraction of sp³-hybridized carbons (Fsp3) is 0.182. The Balaban J connectivity index is 1.69. The maximum Gasteiger partial charge on any atom is 0.342 e. The zero-order valence-corrected chi connectivity index (χ0v) is 15.2. The SMILES string of the molecule is CCc1ccc(NC(=O)[C@H](C)OC(=O)c2cc3ccccc3cc2O)cc1. The van der Waals surface area contributed by atoms with E-state index in [-0.39, 0.29) is 11.3 Å². The molecule has 5 heteroatoms. The third-order valence-corrected chi connectivity index (χ3v) is 4.37. The molecule has 0 unspecified atom stereocenters. The molecule has 2 N–H and O–H groups in total. The summed E-state index contributed by atoms with van der Waals surface area (Å²) in [7, 11) is 0. The fourth-order valence-electron chi connectivity index (χ4n) is 2.74. The lowest BCUT2D eigenvalue weighted by Crippen LogP contribution is -2.30. The Morgan fingerprint density at radius 2 is 1.67 bits per heavy atom. The summed E-state index contributed by atoms with van der Waals surface area (Å²) in [4.78, 5) is 24.7. The van der Waals surface area contributed by atoms with Crippen LogP contribution in [0, 0.1) is 0 Å². The Kier molecular flexibility index (Phi) is 5.41. The Labute approximate surface area is 157 Å². The summed E-state index contributed by atoms with van der Waals surface area (Å²) in [5, 5.41) is 14.4. The van der Waals surface area contributed by atoms with Crippen molar-refractivity contribution in [3.8, 4) is 5.75 Å². The Morgan fingerprint density at radius 3 is 2.30 bits per heavy atom. The molecule has 0 aliphatic heterocycles. The summed E-state index contributed by atoms with van der Waals surface area (Å²) in [6.07, 6.45) is -0.0912. The molecule has 0 heterocycles. The summed E-state index contributed by atoms with van der Waals surface area (Å²) in [5.74, 6) is -1.36. The number of fused-ring (bicyclic) bond motifs is 1. The minimum absolute atomic E-state index is 0.0284. The number of rotatable bonds is 5. The largest absolute Gasteiger partial charge is 0.507 e. The van der Waals surface area contributed by atoms with Gasteiger partial charge in [0, 0.05) is 5.69 Å². The van der Waals surface area contributed by atoms with Crippen molar-refractivity contribution < 1.29 is 19.4 Å². The second kappa shape index (κ2) is 7.91. The van der Waals surface area contributed by atoms with Crippen LogP contribution in [0.15, 0.2) is 60.7 Å². The molecule has 0 fully saturated rings. The van der Waals surface area contributed by atoms with Gasteiger partial charge >= 0.3 is 5.97 Å². The minimum atomic E-state index is -1.01. The van der Waals surface area contributed by atoms with Crippen LogP contribution >= 0.6 is 0 Å². The molecule has 3 rings (SSSR count). The number of hydrogen-bond donors (Lipinski definition) is 2. The zero-order valence-electron chi connectivity index (χ0n) is 15.2. The van der Waals surface area contributed by atoms with Crippen LogP contribution < -0.4 is 5.32 Å². The lowest BCUT2D eigenvalue weighted by atomic mass is 10.1. The van der Waals surface area contributed by atoms with Crippen molar-refractivity contribution in [1.82, 2.24) is 0 Å². The number of carbonyl (C=O) groups is 2. The molecule has 0 radical (unpaired) electrons. The smallest absolute Gasteiger partial charge is 0.342 e. The molecule has 5 nitrogen and oxygen atoms in total. The second-order valence-corrected chi connectivity index (χ2v) is 6.30. The second-order valence-electron chi connectivity index (χ2n) is 6.30. The molecule has 1 atom stereocenters. The normalized spacial score (nSPS) is 11.8. The topological polar surface area (TPSA) is 75.6 Å². The maximum atomic E-state index is 12.4. The molecule has 0 aliphatic rings. The van der Waals surface area contributed by atoms with Crippen LogP contribution in [-0.4, -0.2) is 23.1 Å². The van der Waals surface area contributed by atoms with Crippen molar-refractivity contribution in [2.45, 2.75) is 26.4 Å². The van der Waals surface area contributed by atoms with Gasteiger partial charge in [0.2, 0.25) is 0 Å². The number of aryl methyl sites for hydroxylation is 1. The Bertz CT molecular complexity index is 979. The molecular formula is C22H21NO4. The van der Waals surface area contributed by atoms with Gasteiger partial charge in [-0.25, -0.2) is 4.79 Å². The lowest BCUT2D eigenvalue weighted by molar-refractivity contribution is -0.123. The van der Waals surface area contributed by atoms with E-state index in [0.717, 1.165) is 17.2 Å². The van der Waals surface area contributed by atoms with Gasteiger partial charge in [-0.3, -0.25) is 4.79 Å². The van der Waals surface area contributed by atoms with Crippen molar-refractivity contribution in [1.29, 1.82) is 0 Å². The number of amides is 1. The number of aromatic hydroxyl groups is 1. The zero-order chi connectivity index (χ0) is 19.4. The standard InChI is InChI=1S/C22H21NO4/c1-3-15-8-10-18(11-9-15)23-21(25)14(2)27-22(26)19-12-16-6-4-5-7-17(16)13-20(19)24/h4-14,24H,3H2,1-2H3,(H,23,25)/t14-/m0/s1. The molecule has 0 bridgehead atoms. The highest BCUT2D eigenvalue weighted by Gasteiger charge is 2.21. The van der Waals surface area contributed by atoms with Gasteiger partial charge in [-0.15, -0.1) is 0 Å². The fourth-order valence-corrected chi connectivity index (χ4v) is 2.74. The molecule has 0 saturated carbocycles. The van der Waals surface area contributed by atoms with Crippen molar-refractivity contribution in [3.05, 3.63) is 71.8 Å². The van der Waals surface area contributed by atoms with Gasteiger partial charge < -0.3 is 15.2 Å². The first kappa shape index (κ1) is 18.5. The molecule has 27 heavy (non-hydrogen) atoms. The van der Waals surface area contributed by atoms with E-state index in [1.807, 2.05) is 36.4 Å². The highest BCUT2D eigenvalue weighted by molar-refractivity contribution is 6.01. The third-order valence-electron chi connectivity index (χ3n) is 4.37. The van der Waals surface area contributed by atoms with Crippen LogP contribution in [0.1, 0.15) is 29.8 Å². The number of benzene rings is 3.